The van der Waals surface area contributed by atoms with Crippen molar-refractivity contribution in [2.24, 2.45) is 0 Å². The number of hydrogen-bond acceptors (Lipinski definition) is 5. The van der Waals surface area contributed by atoms with Crippen LogP contribution in [0.1, 0.15) is 32.4 Å². The number of carbonyl (C=O) groups is 1. The van der Waals surface area contributed by atoms with E-state index < -0.39 is 0 Å². The SMILES string of the molecule is O=C(OCc1nc2ccccc2c(=O)[nH]1)c1cc2c(s1)CCC2. The molecule has 2 heterocycles. The molecule has 2 aromatic heterocycles. The second kappa shape index (κ2) is 5.62. The summed E-state index contributed by atoms with van der Waals surface area (Å²) in [6.45, 7) is -0.0402. The van der Waals surface area contributed by atoms with E-state index in [0.717, 1.165) is 12.8 Å². The molecule has 0 bridgehead atoms. The first-order chi connectivity index (χ1) is 11.2. The van der Waals surface area contributed by atoms with Crippen molar-refractivity contribution in [2.45, 2.75) is 25.9 Å². The zero-order valence-electron chi connectivity index (χ0n) is 12.3. The van der Waals surface area contributed by atoms with E-state index in [2.05, 4.69) is 9.97 Å². The summed E-state index contributed by atoms with van der Waals surface area (Å²) in [5.74, 6) is -0.00800. The van der Waals surface area contributed by atoms with Crippen LogP contribution in [-0.2, 0) is 24.2 Å². The Kier molecular flexibility index (Phi) is 3.46. The molecule has 0 saturated carbocycles. The Morgan fingerprint density at radius 1 is 1.30 bits per heavy atom. The second-order valence-corrected chi connectivity index (χ2v) is 6.66. The van der Waals surface area contributed by atoms with Gasteiger partial charge in [0, 0.05) is 4.88 Å². The molecule has 0 unspecified atom stereocenters. The minimum absolute atomic E-state index is 0.0402. The molecule has 0 aliphatic heterocycles. The molecule has 1 aromatic carbocycles. The second-order valence-electron chi connectivity index (χ2n) is 5.52. The van der Waals surface area contributed by atoms with Gasteiger partial charge >= 0.3 is 5.97 Å². The quantitative estimate of drug-likeness (QED) is 0.751. The Balaban J connectivity index is 1.52. The van der Waals surface area contributed by atoms with Crippen LogP contribution in [0.2, 0.25) is 0 Å². The highest BCUT2D eigenvalue weighted by molar-refractivity contribution is 7.14. The summed E-state index contributed by atoms with van der Waals surface area (Å²) in [6, 6.07) is 9.00. The highest BCUT2D eigenvalue weighted by Crippen LogP contribution is 2.31. The standard InChI is InChI=1S/C17H14N2O3S/c20-16-11-5-1-2-6-12(11)18-15(19-16)9-22-17(21)14-8-10-4-3-7-13(10)23-14/h1-2,5-6,8H,3-4,7,9H2,(H,18,19,20). The number of aryl methyl sites for hydroxylation is 2. The van der Waals surface area contributed by atoms with E-state index in [9.17, 15) is 9.59 Å². The van der Waals surface area contributed by atoms with E-state index >= 15 is 0 Å². The molecule has 1 N–H and O–H groups in total. The van der Waals surface area contributed by atoms with Gasteiger partial charge in [0.15, 0.2) is 0 Å². The molecular weight excluding hydrogens is 312 g/mol. The lowest BCUT2D eigenvalue weighted by atomic mass is 10.2. The molecule has 116 valence electrons. The van der Waals surface area contributed by atoms with Crippen molar-refractivity contribution in [2.75, 3.05) is 0 Å². The first-order valence-electron chi connectivity index (χ1n) is 7.47. The number of rotatable bonds is 3. The molecule has 5 nitrogen and oxygen atoms in total. The molecule has 23 heavy (non-hydrogen) atoms. The van der Waals surface area contributed by atoms with Gasteiger partial charge < -0.3 is 9.72 Å². The van der Waals surface area contributed by atoms with Crippen LogP contribution in [0.4, 0.5) is 0 Å². The Labute approximate surface area is 136 Å². The van der Waals surface area contributed by atoms with Crippen LogP contribution in [0.15, 0.2) is 35.1 Å². The van der Waals surface area contributed by atoms with Crippen LogP contribution in [-0.4, -0.2) is 15.9 Å². The van der Waals surface area contributed by atoms with Gasteiger partial charge in [0.1, 0.15) is 17.3 Å². The third-order valence-corrected chi connectivity index (χ3v) is 5.17. The van der Waals surface area contributed by atoms with Crippen molar-refractivity contribution in [1.82, 2.24) is 9.97 Å². The largest absolute Gasteiger partial charge is 0.453 e. The third kappa shape index (κ3) is 2.66. The molecule has 3 aromatic rings. The Hall–Kier alpha value is -2.47. The summed E-state index contributed by atoms with van der Waals surface area (Å²) in [5, 5.41) is 0.525. The van der Waals surface area contributed by atoms with Gasteiger partial charge in [-0.25, -0.2) is 9.78 Å². The van der Waals surface area contributed by atoms with Crippen LogP contribution in [0.25, 0.3) is 10.9 Å². The van der Waals surface area contributed by atoms with Crippen LogP contribution >= 0.6 is 11.3 Å². The molecule has 0 saturated heterocycles. The number of thiophene rings is 1. The fraction of sp³-hybridized carbons (Fsp3) is 0.235. The number of nitrogens with zero attached hydrogens (tertiary/aromatic N) is 1. The lowest BCUT2D eigenvalue weighted by Crippen LogP contribution is -2.14. The summed E-state index contributed by atoms with van der Waals surface area (Å²) in [4.78, 5) is 33.0. The predicted octanol–water partition coefficient (Wildman–Crippen LogP) is 2.83. The summed E-state index contributed by atoms with van der Waals surface area (Å²) in [5.41, 5.74) is 1.63. The van der Waals surface area contributed by atoms with E-state index in [1.807, 2.05) is 12.1 Å². The molecule has 0 radical (unpaired) electrons. The molecule has 1 aliphatic rings. The molecule has 0 fully saturated rings. The number of carbonyl (C=O) groups excluding carboxylic acids is 1. The van der Waals surface area contributed by atoms with E-state index in [-0.39, 0.29) is 18.1 Å². The fourth-order valence-electron chi connectivity index (χ4n) is 2.84. The highest BCUT2D eigenvalue weighted by Gasteiger charge is 2.19. The van der Waals surface area contributed by atoms with Crippen molar-refractivity contribution < 1.29 is 9.53 Å². The van der Waals surface area contributed by atoms with Gasteiger partial charge in [-0.05, 0) is 43.0 Å². The number of H-pyrrole nitrogens is 1. The zero-order chi connectivity index (χ0) is 15.8. The molecule has 4 rings (SSSR count). The molecule has 6 heteroatoms. The highest BCUT2D eigenvalue weighted by atomic mass is 32.1. The Morgan fingerprint density at radius 3 is 3.04 bits per heavy atom. The lowest BCUT2D eigenvalue weighted by Gasteiger charge is -2.04. The summed E-state index contributed by atoms with van der Waals surface area (Å²) in [7, 11) is 0. The number of benzene rings is 1. The van der Waals surface area contributed by atoms with E-state index in [4.69, 9.17) is 4.74 Å². The van der Waals surface area contributed by atoms with Gasteiger partial charge in [-0.3, -0.25) is 4.79 Å². The molecule has 0 amide bonds. The summed E-state index contributed by atoms with van der Waals surface area (Å²) < 4.78 is 5.29. The predicted molar refractivity (Wildman–Crippen MR) is 87.8 cm³/mol. The van der Waals surface area contributed by atoms with Crippen molar-refractivity contribution in [3.05, 3.63) is 61.8 Å². The average Bonchev–Trinajstić information content (AvgIpc) is 3.14. The number of para-hydroxylation sites is 1. The first kappa shape index (κ1) is 14.1. The smallest absolute Gasteiger partial charge is 0.348 e. The first-order valence-corrected chi connectivity index (χ1v) is 8.29. The number of ether oxygens (including phenoxy) is 1. The topological polar surface area (TPSA) is 72.0 Å². The van der Waals surface area contributed by atoms with Gasteiger partial charge in [-0.1, -0.05) is 12.1 Å². The van der Waals surface area contributed by atoms with Crippen molar-refractivity contribution >= 4 is 28.2 Å². The number of esters is 1. The average molecular weight is 326 g/mol. The fourth-order valence-corrected chi connectivity index (χ4v) is 3.99. The summed E-state index contributed by atoms with van der Waals surface area (Å²) in [6.07, 6.45) is 3.25. The van der Waals surface area contributed by atoms with Gasteiger partial charge in [0.25, 0.3) is 5.56 Å². The third-order valence-electron chi connectivity index (χ3n) is 3.95. The van der Waals surface area contributed by atoms with Gasteiger partial charge in [0.2, 0.25) is 0 Å². The number of hydrogen-bond donors (Lipinski definition) is 1. The maximum Gasteiger partial charge on any atom is 0.348 e. The van der Waals surface area contributed by atoms with Crippen LogP contribution in [0, 0.1) is 0 Å². The van der Waals surface area contributed by atoms with Crippen LogP contribution < -0.4 is 5.56 Å². The number of aromatic amines is 1. The summed E-state index contributed by atoms with van der Waals surface area (Å²) >= 11 is 1.50. The number of nitrogens with one attached hydrogen (secondary N) is 1. The molecule has 0 spiro atoms. The van der Waals surface area contributed by atoms with Crippen molar-refractivity contribution in [3.63, 3.8) is 0 Å². The Morgan fingerprint density at radius 2 is 2.17 bits per heavy atom. The number of aromatic nitrogens is 2. The van der Waals surface area contributed by atoms with Crippen molar-refractivity contribution in [1.29, 1.82) is 0 Å². The van der Waals surface area contributed by atoms with E-state index in [1.165, 1.54) is 28.2 Å². The lowest BCUT2D eigenvalue weighted by molar-refractivity contribution is 0.0468. The molecule has 0 atom stereocenters. The van der Waals surface area contributed by atoms with Gasteiger partial charge in [-0.2, -0.15) is 0 Å². The monoisotopic (exact) mass is 326 g/mol. The van der Waals surface area contributed by atoms with Crippen LogP contribution in [0.5, 0.6) is 0 Å². The zero-order valence-corrected chi connectivity index (χ0v) is 13.1. The molecular formula is C17H14N2O3S. The molecule has 1 aliphatic carbocycles. The van der Waals surface area contributed by atoms with Gasteiger partial charge in [0.05, 0.1) is 10.9 Å². The van der Waals surface area contributed by atoms with Crippen LogP contribution in [0.3, 0.4) is 0 Å². The van der Waals surface area contributed by atoms with E-state index in [0.29, 0.717) is 21.6 Å². The maximum absolute atomic E-state index is 12.1. The van der Waals surface area contributed by atoms with Crippen molar-refractivity contribution in [3.8, 4) is 0 Å². The minimum atomic E-state index is -0.361. The minimum Gasteiger partial charge on any atom is -0.453 e. The Bertz CT molecular complexity index is 936. The number of fused-ring (bicyclic) bond motifs is 2. The van der Waals surface area contributed by atoms with Gasteiger partial charge in [-0.15, -0.1) is 11.3 Å². The van der Waals surface area contributed by atoms with E-state index in [1.54, 1.807) is 18.2 Å². The maximum atomic E-state index is 12.1. The normalized spacial score (nSPS) is 13.2.